The van der Waals surface area contributed by atoms with Crippen molar-refractivity contribution in [3.05, 3.63) is 29.8 Å². The second-order valence-corrected chi connectivity index (χ2v) is 7.03. The number of hydrogen-bond donors (Lipinski definition) is 2. The van der Waals surface area contributed by atoms with E-state index in [1.165, 1.54) is 26.2 Å². The van der Waals surface area contributed by atoms with Crippen molar-refractivity contribution < 1.29 is 13.2 Å². The van der Waals surface area contributed by atoms with Crippen LogP contribution in [0.5, 0.6) is 0 Å². The summed E-state index contributed by atoms with van der Waals surface area (Å²) in [6.07, 6.45) is 0. The third-order valence-electron chi connectivity index (χ3n) is 2.93. The molecule has 0 saturated carbocycles. The lowest BCUT2D eigenvalue weighted by Gasteiger charge is -2.17. The van der Waals surface area contributed by atoms with Crippen LogP contribution in [0.1, 0.15) is 25.5 Å². The first kappa shape index (κ1) is 19.9. The normalized spacial score (nSPS) is 14.2. The molecule has 2 atom stereocenters. The Morgan fingerprint density at radius 1 is 1.19 bits per heavy atom. The summed E-state index contributed by atoms with van der Waals surface area (Å²) in [5, 5.41) is 2.75. The number of carbonyl (C=O) groups excluding carboxylic acids is 1. The number of hydrogen-bond acceptors (Lipinski definition) is 4. The van der Waals surface area contributed by atoms with Crippen molar-refractivity contribution in [3.63, 3.8) is 0 Å². The smallest absolute Gasteiger partial charge is 0.242 e. The average Bonchev–Trinajstić information content (AvgIpc) is 2.38. The van der Waals surface area contributed by atoms with Gasteiger partial charge in [-0.25, -0.2) is 12.7 Å². The van der Waals surface area contributed by atoms with Crippen LogP contribution in [0.25, 0.3) is 0 Å². The number of carbonyl (C=O) groups is 1. The number of nitrogens with zero attached hydrogens (tertiary/aromatic N) is 1. The molecule has 0 aliphatic heterocycles. The van der Waals surface area contributed by atoms with Gasteiger partial charge in [-0.2, -0.15) is 0 Å². The zero-order valence-corrected chi connectivity index (χ0v) is 14.2. The third-order valence-corrected chi connectivity index (χ3v) is 4.76. The van der Waals surface area contributed by atoms with Crippen LogP contribution in [0.3, 0.4) is 0 Å². The predicted molar refractivity (Wildman–Crippen MR) is 84.8 cm³/mol. The molecule has 1 aromatic rings. The first-order valence-corrected chi connectivity index (χ1v) is 7.68. The summed E-state index contributed by atoms with van der Waals surface area (Å²) >= 11 is 0. The Kier molecular flexibility index (Phi) is 7.32. The highest BCUT2D eigenvalue weighted by Crippen LogP contribution is 2.18. The van der Waals surface area contributed by atoms with E-state index in [1.807, 2.05) is 6.92 Å². The zero-order valence-electron chi connectivity index (χ0n) is 12.5. The number of halogens is 1. The van der Waals surface area contributed by atoms with Gasteiger partial charge in [-0.3, -0.25) is 4.79 Å². The van der Waals surface area contributed by atoms with E-state index in [0.29, 0.717) is 0 Å². The van der Waals surface area contributed by atoms with Crippen LogP contribution in [-0.2, 0) is 14.8 Å². The Morgan fingerprint density at radius 3 is 2.05 bits per heavy atom. The minimum atomic E-state index is -3.43. The molecule has 0 spiro atoms. The highest BCUT2D eigenvalue weighted by atomic mass is 35.5. The van der Waals surface area contributed by atoms with Crippen molar-refractivity contribution in [1.29, 1.82) is 0 Å². The molecule has 0 heterocycles. The molecule has 0 fully saturated rings. The van der Waals surface area contributed by atoms with E-state index in [0.717, 1.165) is 9.87 Å². The summed E-state index contributed by atoms with van der Waals surface area (Å²) in [6.45, 7) is 3.42. The number of rotatable bonds is 5. The van der Waals surface area contributed by atoms with E-state index in [9.17, 15) is 13.2 Å². The quantitative estimate of drug-likeness (QED) is 0.835. The molecule has 0 aromatic heterocycles. The van der Waals surface area contributed by atoms with E-state index >= 15 is 0 Å². The number of sulfonamides is 1. The lowest BCUT2D eigenvalue weighted by Crippen LogP contribution is -2.39. The van der Waals surface area contributed by atoms with Gasteiger partial charge in [0.1, 0.15) is 0 Å². The minimum Gasteiger partial charge on any atom is -0.348 e. The van der Waals surface area contributed by atoms with Crippen LogP contribution in [0.2, 0.25) is 0 Å². The molecule has 1 rings (SSSR count). The Labute approximate surface area is 132 Å². The molecule has 3 N–H and O–H groups in total. The second kappa shape index (κ2) is 7.74. The van der Waals surface area contributed by atoms with E-state index in [1.54, 1.807) is 19.1 Å². The topological polar surface area (TPSA) is 92.5 Å². The van der Waals surface area contributed by atoms with E-state index < -0.39 is 16.1 Å². The van der Waals surface area contributed by atoms with Crippen LogP contribution >= 0.6 is 12.4 Å². The Bertz CT molecular complexity index is 571. The Balaban J connectivity index is 0.00000400. The van der Waals surface area contributed by atoms with Crippen LogP contribution < -0.4 is 11.1 Å². The largest absolute Gasteiger partial charge is 0.348 e. The van der Waals surface area contributed by atoms with Crippen LogP contribution in [0, 0.1) is 0 Å². The monoisotopic (exact) mass is 335 g/mol. The molecular formula is C13H22ClN3O3S. The lowest BCUT2D eigenvalue weighted by molar-refractivity contribution is -0.122. The summed E-state index contributed by atoms with van der Waals surface area (Å²) in [5.41, 5.74) is 6.30. The molecular weight excluding hydrogens is 314 g/mol. The first-order chi connectivity index (χ1) is 9.16. The summed E-state index contributed by atoms with van der Waals surface area (Å²) < 4.78 is 25.0. The van der Waals surface area contributed by atoms with Crippen molar-refractivity contribution >= 4 is 28.3 Å². The molecule has 0 bridgehead atoms. The fourth-order valence-corrected chi connectivity index (χ4v) is 2.47. The number of benzene rings is 1. The fraction of sp³-hybridized carbons (Fsp3) is 0.462. The molecule has 120 valence electrons. The second-order valence-electron chi connectivity index (χ2n) is 4.88. The van der Waals surface area contributed by atoms with Crippen molar-refractivity contribution in [2.24, 2.45) is 5.73 Å². The fourth-order valence-electron chi connectivity index (χ4n) is 1.57. The molecule has 0 saturated heterocycles. The number of amides is 1. The number of nitrogens with two attached hydrogens (primary N) is 1. The maximum Gasteiger partial charge on any atom is 0.242 e. The molecule has 0 aliphatic carbocycles. The van der Waals surface area contributed by atoms with Gasteiger partial charge in [0.2, 0.25) is 15.9 Å². The van der Waals surface area contributed by atoms with Crippen LogP contribution in [0.4, 0.5) is 0 Å². The summed E-state index contributed by atoms with van der Waals surface area (Å²) in [4.78, 5) is 11.7. The zero-order chi connectivity index (χ0) is 15.5. The van der Waals surface area contributed by atoms with Crippen LogP contribution in [-0.4, -0.2) is 38.8 Å². The summed E-state index contributed by atoms with van der Waals surface area (Å²) in [6, 6.07) is 5.61. The highest BCUT2D eigenvalue weighted by molar-refractivity contribution is 7.89. The van der Waals surface area contributed by atoms with Gasteiger partial charge in [-0.1, -0.05) is 12.1 Å². The van der Waals surface area contributed by atoms with E-state index in [4.69, 9.17) is 5.73 Å². The van der Waals surface area contributed by atoms with Gasteiger partial charge in [0.05, 0.1) is 17.0 Å². The molecule has 6 nitrogen and oxygen atoms in total. The Morgan fingerprint density at radius 2 is 1.67 bits per heavy atom. The maximum absolute atomic E-state index is 11.9. The van der Waals surface area contributed by atoms with Gasteiger partial charge in [0.25, 0.3) is 0 Å². The van der Waals surface area contributed by atoms with Gasteiger partial charge in [0, 0.05) is 14.1 Å². The number of nitrogens with one attached hydrogen (secondary N) is 1. The van der Waals surface area contributed by atoms with Crippen LogP contribution in [0.15, 0.2) is 29.2 Å². The standard InChI is InChI=1S/C13H21N3O3S.ClH/c1-9(14)13(17)15-10(2)11-5-7-12(8-6-11)20(18,19)16(3)4;/h5-10H,14H2,1-4H3,(H,15,17);1H. The van der Waals surface area contributed by atoms with Gasteiger partial charge in [0.15, 0.2) is 0 Å². The molecule has 1 amide bonds. The molecule has 21 heavy (non-hydrogen) atoms. The summed E-state index contributed by atoms with van der Waals surface area (Å²) in [7, 11) is -0.468. The predicted octanol–water partition coefficient (Wildman–Crippen LogP) is 0.883. The lowest BCUT2D eigenvalue weighted by atomic mass is 10.1. The van der Waals surface area contributed by atoms with E-state index in [2.05, 4.69) is 5.32 Å². The highest BCUT2D eigenvalue weighted by Gasteiger charge is 2.18. The summed E-state index contributed by atoms with van der Waals surface area (Å²) in [5.74, 6) is -0.248. The van der Waals surface area contributed by atoms with Crippen molar-refractivity contribution in [2.75, 3.05) is 14.1 Å². The van der Waals surface area contributed by atoms with Gasteiger partial charge >= 0.3 is 0 Å². The third kappa shape index (κ3) is 4.96. The van der Waals surface area contributed by atoms with Crippen molar-refractivity contribution in [2.45, 2.75) is 30.8 Å². The Hall–Kier alpha value is -1.15. The molecule has 2 unspecified atom stereocenters. The van der Waals surface area contributed by atoms with Gasteiger partial charge in [-0.05, 0) is 31.5 Å². The molecule has 1 aromatic carbocycles. The minimum absolute atomic E-state index is 0. The first-order valence-electron chi connectivity index (χ1n) is 6.24. The molecule has 0 radical (unpaired) electrons. The average molecular weight is 336 g/mol. The van der Waals surface area contributed by atoms with Gasteiger partial charge in [-0.15, -0.1) is 12.4 Å². The van der Waals surface area contributed by atoms with Crippen molar-refractivity contribution in [1.82, 2.24) is 9.62 Å². The SMILES string of the molecule is CC(N)C(=O)NC(C)c1ccc(S(=O)(=O)N(C)C)cc1.Cl. The molecule has 0 aliphatic rings. The van der Waals surface area contributed by atoms with Crippen molar-refractivity contribution in [3.8, 4) is 0 Å². The molecule has 8 heteroatoms. The maximum atomic E-state index is 11.9. The van der Waals surface area contributed by atoms with E-state index in [-0.39, 0.29) is 29.3 Å². The van der Waals surface area contributed by atoms with Gasteiger partial charge < -0.3 is 11.1 Å².